The Morgan fingerprint density at radius 3 is 2.76 bits per heavy atom. The number of rotatable bonds is 8. The first-order chi connectivity index (χ1) is 9.99. The van der Waals surface area contributed by atoms with Gasteiger partial charge in [-0.25, -0.2) is 4.98 Å². The summed E-state index contributed by atoms with van der Waals surface area (Å²) in [5, 5.41) is 13.4. The number of carbonyl (C=O) groups excluding carboxylic acids is 1. The average Bonchev–Trinajstić information content (AvgIpc) is 2.46. The molecule has 0 radical (unpaired) electrons. The zero-order valence-electron chi connectivity index (χ0n) is 12.3. The van der Waals surface area contributed by atoms with E-state index in [2.05, 4.69) is 29.0 Å². The summed E-state index contributed by atoms with van der Waals surface area (Å²) in [5.41, 5.74) is 5.37. The molecule has 21 heavy (non-hydrogen) atoms. The highest BCUT2D eigenvalue weighted by atomic mass is 16.6. The van der Waals surface area contributed by atoms with Crippen molar-refractivity contribution in [2.75, 3.05) is 31.9 Å². The van der Waals surface area contributed by atoms with E-state index in [1.807, 2.05) is 0 Å². The molecule has 0 aliphatic carbocycles. The van der Waals surface area contributed by atoms with Crippen LogP contribution in [0.4, 0.5) is 11.5 Å². The van der Waals surface area contributed by atoms with Crippen LogP contribution in [0, 0.1) is 10.1 Å². The molecular weight excluding hydrogens is 274 g/mol. The molecule has 1 aromatic heterocycles. The first kappa shape index (κ1) is 16.8. The Morgan fingerprint density at radius 2 is 2.19 bits per heavy atom. The van der Waals surface area contributed by atoms with Gasteiger partial charge >= 0.3 is 0 Å². The summed E-state index contributed by atoms with van der Waals surface area (Å²) in [6, 6.07) is 1.14. The van der Waals surface area contributed by atoms with Gasteiger partial charge in [-0.15, -0.1) is 0 Å². The van der Waals surface area contributed by atoms with Crippen molar-refractivity contribution in [2.24, 2.45) is 0 Å². The molecule has 0 aliphatic rings. The lowest BCUT2D eigenvalue weighted by molar-refractivity contribution is -0.385. The normalized spacial score (nSPS) is 10.6. The predicted molar refractivity (Wildman–Crippen MR) is 80.0 cm³/mol. The lowest BCUT2D eigenvalue weighted by Crippen LogP contribution is -2.35. The number of hydrogen-bond donors (Lipinski definition) is 2. The second-order valence-electron chi connectivity index (χ2n) is 4.57. The van der Waals surface area contributed by atoms with Gasteiger partial charge in [0.15, 0.2) is 0 Å². The van der Waals surface area contributed by atoms with Crippen LogP contribution in [0.1, 0.15) is 30.6 Å². The average molecular weight is 295 g/mol. The number of nitrogen functional groups attached to an aromatic ring is 1. The highest BCUT2D eigenvalue weighted by Gasteiger charge is 2.16. The van der Waals surface area contributed by atoms with Crippen LogP contribution in [0.3, 0.4) is 0 Å². The Labute approximate surface area is 123 Å². The lowest BCUT2D eigenvalue weighted by atomic mass is 10.2. The molecule has 8 heteroatoms. The van der Waals surface area contributed by atoms with E-state index in [1.54, 1.807) is 0 Å². The van der Waals surface area contributed by atoms with E-state index in [9.17, 15) is 14.9 Å². The summed E-state index contributed by atoms with van der Waals surface area (Å²) in [7, 11) is 0. The number of pyridine rings is 1. The van der Waals surface area contributed by atoms with E-state index < -0.39 is 10.8 Å². The maximum absolute atomic E-state index is 12.0. The van der Waals surface area contributed by atoms with Crippen molar-refractivity contribution in [1.29, 1.82) is 0 Å². The molecule has 0 aliphatic heterocycles. The Bertz CT molecular complexity index is 507. The molecule has 8 nitrogen and oxygen atoms in total. The van der Waals surface area contributed by atoms with E-state index in [1.165, 1.54) is 0 Å². The molecule has 3 N–H and O–H groups in total. The maximum Gasteiger partial charge on any atom is 0.288 e. The molecule has 1 heterocycles. The van der Waals surface area contributed by atoms with Crippen LogP contribution in [-0.2, 0) is 0 Å². The van der Waals surface area contributed by atoms with E-state index in [4.69, 9.17) is 5.73 Å². The first-order valence-corrected chi connectivity index (χ1v) is 6.90. The Balaban J connectivity index is 2.63. The Hall–Kier alpha value is -2.22. The lowest BCUT2D eigenvalue weighted by Gasteiger charge is -2.19. The van der Waals surface area contributed by atoms with Gasteiger partial charge in [-0.2, -0.15) is 0 Å². The van der Waals surface area contributed by atoms with Crippen molar-refractivity contribution < 1.29 is 9.72 Å². The van der Waals surface area contributed by atoms with Crippen molar-refractivity contribution in [3.05, 3.63) is 27.9 Å². The second-order valence-corrected chi connectivity index (χ2v) is 4.57. The molecule has 0 spiro atoms. The number of nitro groups is 1. The predicted octanol–water partition coefficient (Wildman–Crippen LogP) is 1.03. The van der Waals surface area contributed by atoms with Crippen molar-refractivity contribution in [3.8, 4) is 0 Å². The van der Waals surface area contributed by atoms with Crippen LogP contribution in [0.25, 0.3) is 0 Å². The number of nitrogens with one attached hydrogen (secondary N) is 1. The third kappa shape index (κ3) is 4.99. The standard InChI is InChI=1S/C13H21N5O3/c1-3-6-17(4-2)7-5-15-13(19)11-8-10(18(20)21)9-16-12(11)14/h8-9H,3-7H2,1-2H3,(H2,14,16)(H,15,19). The van der Waals surface area contributed by atoms with Gasteiger partial charge in [-0.05, 0) is 19.5 Å². The summed E-state index contributed by atoms with van der Waals surface area (Å²) < 4.78 is 0. The highest BCUT2D eigenvalue weighted by molar-refractivity contribution is 5.98. The second kappa shape index (κ2) is 8.15. The van der Waals surface area contributed by atoms with Crippen LogP contribution in [-0.4, -0.2) is 46.9 Å². The van der Waals surface area contributed by atoms with Gasteiger partial charge in [-0.1, -0.05) is 13.8 Å². The van der Waals surface area contributed by atoms with Crippen LogP contribution in [0.15, 0.2) is 12.3 Å². The van der Waals surface area contributed by atoms with Gasteiger partial charge in [0.05, 0.1) is 10.5 Å². The molecular formula is C13H21N5O3. The summed E-state index contributed by atoms with van der Waals surface area (Å²) in [5.74, 6) is -0.463. The van der Waals surface area contributed by atoms with Gasteiger partial charge in [0.25, 0.3) is 11.6 Å². The van der Waals surface area contributed by atoms with E-state index >= 15 is 0 Å². The van der Waals surface area contributed by atoms with Crippen molar-refractivity contribution >= 4 is 17.4 Å². The quantitative estimate of drug-likeness (QED) is 0.547. The molecule has 1 rings (SSSR count). The fourth-order valence-electron chi connectivity index (χ4n) is 1.91. The monoisotopic (exact) mass is 295 g/mol. The number of likely N-dealkylation sites (N-methyl/N-ethyl adjacent to an activating group) is 1. The molecule has 0 saturated heterocycles. The summed E-state index contributed by atoms with van der Waals surface area (Å²) in [4.78, 5) is 28.0. The molecule has 0 atom stereocenters. The molecule has 116 valence electrons. The summed E-state index contributed by atoms with van der Waals surface area (Å²) >= 11 is 0. The minimum Gasteiger partial charge on any atom is -0.383 e. The van der Waals surface area contributed by atoms with E-state index in [0.29, 0.717) is 6.54 Å². The van der Waals surface area contributed by atoms with Crippen molar-refractivity contribution in [2.45, 2.75) is 20.3 Å². The number of carbonyl (C=O) groups is 1. The minimum atomic E-state index is -0.608. The van der Waals surface area contributed by atoms with Gasteiger partial charge in [0.2, 0.25) is 0 Å². The van der Waals surface area contributed by atoms with Crippen LogP contribution < -0.4 is 11.1 Å². The van der Waals surface area contributed by atoms with Crippen LogP contribution in [0.5, 0.6) is 0 Å². The van der Waals surface area contributed by atoms with Gasteiger partial charge in [0, 0.05) is 19.2 Å². The Kier molecular flexibility index (Phi) is 6.54. The van der Waals surface area contributed by atoms with Crippen molar-refractivity contribution in [3.63, 3.8) is 0 Å². The highest BCUT2D eigenvalue weighted by Crippen LogP contribution is 2.16. The molecule has 0 saturated carbocycles. The SMILES string of the molecule is CCCN(CC)CCNC(=O)c1cc([N+](=O)[O-])cnc1N. The summed E-state index contributed by atoms with van der Waals surface area (Å²) in [6.07, 6.45) is 2.08. The van der Waals surface area contributed by atoms with Crippen LogP contribution >= 0.6 is 0 Å². The van der Waals surface area contributed by atoms with E-state index in [-0.39, 0.29) is 17.1 Å². The smallest absolute Gasteiger partial charge is 0.288 e. The van der Waals surface area contributed by atoms with Gasteiger partial charge in [0.1, 0.15) is 12.0 Å². The molecule has 0 fully saturated rings. The molecule has 1 amide bonds. The fraction of sp³-hybridized carbons (Fsp3) is 0.538. The minimum absolute atomic E-state index is 0.0148. The number of nitrogens with two attached hydrogens (primary N) is 1. The van der Waals surface area contributed by atoms with Gasteiger partial charge in [-0.3, -0.25) is 14.9 Å². The van der Waals surface area contributed by atoms with Crippen LogP contribution in [0.2, 0.25) is 0 Å². The number of nitrogens with zero attached hydrogens (tertiary/aromatic N) is 3. The largest absolute Gasteiger partial charge is 0.383 e. The fourth-order valence-corrected chi connectivity index (χ4v) is 1.91. The van der Waals surface area contributed by atoms with Gasteiger partial charge < -0.3 is 16.0 Å². The Morgan fingerprint density at radius 1 is 1.48 bits per heavy atom. The summed E-state index contributed by atoms with van der Waals surface area (Å²) in [6.45, 7) is 7.20. The maximum atomic E-state index is 12.0. The number of aromatic nitrogens is 1. The molecule has 0 aromatic carbocycles. The number of anilines is 1. The molecule has 0 bridgehead atoms. The number of amides is 1. The number of hydrogen-bond acceptors (Lipinski definition) is 6. The topological polar surface area (TPSA) is 114 Å². The third-order valence-electron chi connectivity index (χ3n) is 3.06. The first-order valence-electron chi connectivity index (χ1n) is 6.90. The van der Waals surface area contributed by atoms with Crippen molar-refractivity contribution in [1.82, 2.24) is 15.2 Å². The third-order valence-corrected chi connectivity index (χ3v) is 3.06. The molecule has 1 aromatic rings. The zero-order valence-corrected chi connectivity index (χ0v) is 12.3. The van der Waals surface area contributed by atoms with E-state index in [0.717, 1.165) is 38.3 Å². The molecule has 0 unspecified atom stereocenters. The zero-order chi connectivity index (χ0) is 15.8.